The number of methoxy groups -OCH3 is 1. The molecule has 10 heteroatoms. The van der Waals surface area contributed by atoms with E-state index in [1.54, 1.807) is 31.6 Å². The minimum absolute atomic E-state index is 0.291. The predicted octanol–water partition coefficient (Wildman–Crippen LogP) is 2.72. The molecule has 3 N–H and O–H groups in total. The molecule has 2 aromatic heterocycles. The lowest BCUT2D eigenvalue weighted by atomic mass is 9.91. The van der Waals surface area contributed by atoms with Crippen molar-refractivity contribution in [3.8, 4) is 5.88 Å². The first-order valence-electron chi connectivity index (χ1n) is 10.2. The number of hydrogen-bond acceptors (Lipinski definition) is 9. The van der Waals surface area contributed by atoms with Crippen molar-refractivity contribution in [1.82, 2.24) is 25.6 Å². The second kappa shape index (κ2) is 9.88. The summed E-state index contributed by atoms with van der Waals surface area (Å²) in [6, 6.07) is 6.38. The molecule has 0 radical (unpaired) electrons. The maximum absolute atomic E-state index is 11.7. The van der Waals surface area contributed by atoms with Crippen molar-refractivity contribution in [3.05, 3.63) is 46.8 Å². The summed E-state index contributed by atoms with van der Waals surface area (Å²) in [4.78, 5) is 36.3. The van der Waals surface area contributed by atoms with Gasteiger partial charge in [-0.25, -0.2) is 15.0 Å². The number of amides is 2. The summed E-state index contributed by atoms with van der Waals surface area (Å²) in [5.74, 6) is 0.800. The van der Waals surface area contributed by atoms with E-state index in [1.165, 1.54) is 0 Å². The second-order valence-corrected chi connectivity index (χ2v) is 8.42. The number of anilines is 1. The SMILES string of the molecule is COc1ncccc1CNC1CCC(Nc2nccc(C=C3SC(=O)NC3=O)n2)CC1. The summed E-state index contributed by atoms with van der Waals surface area (Å²) in [6.45, 7) is 0.730. The van der Waals surface area contributed by atoms with E-state index in [0.29, 0.717) is 34.5 Å². The first-order chi connectivity index (χ1) is 15.1. The van der Waals surface area contributed by atoms with Gasteiger partial charge in [-0.15, -0.1) is 0 Å². The predicted molar refractivity (Wildman–Crippen MR) is 118 cm³/mol. The lowest BCUT2D eigenvalue weighted by Crippen LogP contribution is -2.37. The Balaban J connectivity index is 1.28. The molecule has 2 fully saturated rings. The number of hydrogen-bond donors (Lipinski definition) is 3. The Bertz CT molecular complexity index is 991. The third kappa shape index (κ3) is 5.59. The summed E-state index contributed by atoms with van der Waals surface area (Å²) in [7, 11) is 1.64. The maximum atomic E-state index is 11.7. The number of pyridine rings is 1. The molecular weight excluding hydrogens is 416 g/mol. The molecule has 0 spiro atoms. The van der Waals surface area contributed by atoms with Crippen LogP contribution >= 0.6 is 11.8 Å². The average Bonchev–Trinajstić information content (AvgIpc) is 3.10. The molecule has 1 saturated heterocycles. The number of nitrogens with zero attached hydrogens (tertiary/aromatic N) is 3. The zero-order valence-corrected chi connectivity index (χ0v) is 17.9. The van der Waals surface area contributed by atoms with Gasteiger partial charge in [-0.05, 0) is 55.7 Å². The Labute approximate surface area is 184 Å². The Hall–Kier alpha value is -2.98. The number of ether oxygens (including phenoxy) is 1. The maximum Gasteiger partial charge on any atom is 0.290 e. The fourth-order valence-electron chi connectivity index (χ4n) is 3.70. The molecule has 3 heterocycles. The van der Waals surface area contributed by atoms with E-state index in [-0.39, 0.29) is 5.24 Å². The average molecular weight is 441 g/mol. The molecule has 0 atom stereocenters. The molecule has 2 aliphatic rings. The summed E-state index contributed by atoms with van der Waals surface area (Å²) in [6.07, 6.45) is 9.08. The monoisotopic (exact) mass is 440 g/mol. The molecular formula is C21H24N6O3S. The van der Waals surface area contributed by atoms with Crippen molar-refractivity contribution >= 4 is 34.9 Å². The van der Waals surface area contributed by atoms with Crippen LogP contribution in [0, 0.1) is 0 Å². The van der Waals surface area contributed by atoms with Gasteiger partial charge in [0.15, 0.2) is 0 Å². The van der Waals surface area contributed by atoms with Crippen LogP contribution < -0.4 is 20.7 Å². The number of carbonyl (C=O) groups is 2. The van der Waals surface area contributed by atoms with Gasteiger partial charge in [0, 0.05) is 36.6 Å². The number of aromatic nitrogens is 3. The van der Waals surface area contributed by atoms with Crippen LogP contribution in [0.4, 0.5) is 10.7 Å². The summed E-state index contributed by atoms with van der Waals surface area (Å²) in [5.41, 5.74) is 1.64. The molecule has 9 nitrogen and oxygen atoms in total. The van der Waals surface area contributed by atoms with E-state index in [2.05, 4.69) is 30.9 Å². The van der Waals surface area contributed by atoms with E-state index < -0.39 is 5.91 Å². The molecule has 0 unspecified atom stereocenters. The quantitative estimate of drug-likeness (QED) is 0.558. The van der Waals surface area contributed by atoms with E-state index in [0.717, 1.165) is 49.6 Å². The van der Waals surface area contributed by atoms with Crippen molar-refractivity contribution in [2.24, 2.45) is 0 Å². The van der Waals surface area contributed by atoms with Gasteiger partial charge in [0.25, 0.3) is 11.1 Å². The van der Waals surface area contributed by atoms with Gasteiger partial charge in [0.05, 0.1) is 17.7 Å². The van der Waals surface area contributed by atoms with E-state index in [1.807, 2.05) is 12.1 Å². The van der Waals surface area contributed by atoms with Gasteiger partial charge in [-0.1, -0.05) is 6.07 Å². The molecule has 0 bridgehead atoms. The van der Waals surface area contributed by atoms with Crippen LogP contribution in [-0.2, 0) is 11.3 Å². The summed E-state index contributed by atoms with van der Waals surface area (Å²) >= 11 is 0.877. The van der Waals surface area contributed by atoms with E-state index in [4.69, 9.17) is 4.74 Å². The number of imide groups is 1. The van der Waals surface area contributed by atoms with Crippen LogP contribution in [0.3, 0.4) is 0 Å². The van der Waals surface area contributed by atoms with Gasteiger partial charge in [-0.3, -0.25) is 14.9 Å². The number of rotatable bonds is 7. The van der Waals surface area contributed by atoms with Crippen molar-refractivity contribution in [1.29, 1.82) is 0 Å². The number of thioether (sulfide) groups is 1. The Morgan fingerprint density at radius 2 is 1.97 bits per heavy atom. The highest BCUT2D eigenvalue weighted by molar-refractivity contribution is 8.18. The van der Waals surface area contributed by atoms with Crippen LogP contribution in [0.1, 0.15) is 36.9 Å². The zero-order valence-electron chi connectivity index (χ0n) is 17.1. The zero-order chi connectivity index (χ0) is 21.6. The van der Waals surface area contributed by atoms with Crippen LogP contribution in [0.15, 0.2) is 35.5 Å². The molecule has 1 saturated carbocycles. The van der Waals surface area contributed by atoms with Crippen molar-refractivity contribution < 1.29 is 14.3 Å². The molecule has 2 aromatic rings. The van der Waals surface area contributed by atoms with Gasteiger partial charge < -0.3 is 15.4 Å². The first-order valence-corrected chi connectivity index (χ1v) is 11.0. The van der Waals surface area contributed by atoms with Gasteiger partial charge in [0.2, 0.25) is 11.8 Å². The Morgan fingerprint density at radius 3 is 2.71 bits per heavy atom. The standard InChI is InChI=1S/C21H24N6O3S/c1-30-19-13(3-2-9-22-19)12-24-14-4-6-15(7-5-14)25-20-23-10-8-16(26-20)11-17-18(28)27-21(29)31-17/h2-3,8-11,14-15,24H,4-7,12H2,1H3,(H,23,25,26)(H,27,28,29). The van der Waals surface area contributed by atoms with Gasteiger partial charge in [0.1, 0.15) is 0 Å². The molecule has 1 aliphatic heterocycles. The van der Waals surface area contributed by atoms with Crippen molar-refractivity contribution in [3.63, 3.8) is 0 Å². The molecule has 4 rings (SSSR count). The van der Waals surface area contributed by atoms with Crippen LogP contribution in [0.25, 0.3) is 6.08 Å². The second-order valence-electron chi connectivity index (χ2n) is 7.40. The van der Waals surface area contributed by atoms with Crippen molar-refractivity contribution in [2.45, 2.75) is 44.3 Å². The van der Waals surface area contributed by atoms with E-state index in [9.17, 15) is 9.59 Å². The molecule has 2 amide bonds. The smallest absolute Gasteiger partial charge is 0.290 e. The highest BCUT2D eigenvalue weighted by Gasteiger charge is 2.25. The topological polar surface area (TPSA) is 118 Å². The normalized spacial score (nSPS) is 22.4. The largest absolute Gasteiger partial charge is 0.481 e. The van der Waals surface area contributed by atoms with Crippen molar-refractivity contribution in [2.75, 3.05) is 12.4 Å². The number of nitrogens with one attached hydrogen (secondary N) is 3. The Morgan fingerprint density at radius 1 is 1.16 bits per heavy atom. The molecule has 162 valence electrons. The first kappa shape index (κ1) is 21.3. The molecule has 0 aromatic carbocycles. The lowest BCUT2D eigenvalue weighted by Gasteiger charge is -2.30. The van der Waals surface area contributed by atoms with Gasteiger partial charge in [-0.2, -0.15) is 0 Å². The van der Waals surface area contributed by atoms with Crippen LogP contribution in [0.2, 0.25) is 0 Å². The third-order valence-electron chi connectivity index (χ3n) is 5.28. The van der Waals surface area contributed by atoms with Crippen LogP contribution in [-0.4, -0.2) is 45.3 Å². The molecule has 1 aliphatic carbocycles. The number of carbonyl (C=O) groups excluding carboxylic acids is 2. The fraction of sp³-hybridized carbons (Fsp3) is 0.381. The third-order valence-corrected chi connectivity index (χ3v) is 6.09. The fourth-order valence-corrected chi connectivity index (χ4v) is 4.37. The lowest BCUT2D eigenvalue weighted by molar-refractivity contribution is -0.115. The van der Waals surface area contributed by atoms with E-state index >= 15 is 0 Å². The van der Waals surface area contributed by atoms with Crippen LogP contribution in [0.5, 0.6) is 5.88 Å². The summed E-state index contributed by atoms with van der Waals surface area (Å²) in [5, 5.41) is 8.87. The minimum Gasteiger partial charge on any atom is -0.481 e. The highest BCUT2D eigenvalue weighted by Crippen LogP contribution is 2.26. The summed E-state index contributed by atoms with van der Waals surface area (Å²) < 4.78 is 5.31. The highest BCUT2D eigenvalue weighted by atomic mass is 32.2. The molecule has 31 heavy (non-hydrogen) atoms. The minimum atomic E-state index is -0.391. The van der Waals surface area contributed by atoms with Gasteiger partial charge >= 0.3 is 0 Å². The Kier molecular flexibility index (Phi) is 6.78.